The van der Waals surface area contributed by atoms with E-state index in [9.17, 15) is 8.42 Å². The minimum atomic E-state index is -3.56. The maximum atomic E-state index is 12.9. The van der Waals surface area contributed by atoms with Gasteiger partial charge in [-0.3, -0.25) is 0 Å². The molecule has 4 nitrogen and oxygen atoms in total. The van der Waals surface area contributed by atoms with Crippen LogP contribution in [0.3, 0.4) is 0 Å². The number of benzene rings is 3. The second-order valence-electron chi connectivity index (χ2n) is 7.93. The van der Waals surface area contributed by atoms with Crippen LogP contribution in [0.4, 0.5) is 5.69 Å². The minimum Gasteiger partial charge on any atom is -0.370 e. The molecule has 0 saturated heterocycles. The smallest absolute Gasteiger partial charge is 0.241 e. The molecule has 0 radical (unpaired) electrons. The van der Waals surface area contributed by atoms with Crippen molar-refractivity contribution in [3.8, 4) is 0 Å². The lowest BCUT2D eigenvalue weighted by Crippen LogP contribution is -2.27. The topological polar surface area (TPSA) is 49.4 Å². The molecule has 0 aromatic heterocycles. The molecule has 156 valence electrons. The summed E-state index contributed by atoms with van der Waals surface area (Å²) in [6.07, 6.45) is 2.57. The van der Waals surface area contributed by atoms with E-state index in [0.717, 1.165) is 42.6 Å². The summed E-state index contributed by atoms with van der Waals surface area (Å²) in [5, 5.41) is 0. The molecule has 0 heterocycles. The number of fused-ring (bicyclic) bond motifs is 1. The van der Waals surface area contributed by atoms with Crippen molar-refractivity contribution in [2.45, 2.75) is 43.7 Å². The van der Waals surface area contributed by atoms with Crippen LogP contribution in [0.25, 0.3) is 0 Å². The van der Waals surface area contributed by atoms with Gasteiger partial charge in [-0.2, -0.15) is 0 Å². The van der Waals surface area contributed by atoms with Gasteiger partial charge in [0.15, 0.2) is 0 Å². The highest BCUT2D eigenvalue weighted by molar-refractivity contribution is 7.89. The molecule has 0 bridgehead atoms. The number of sulfonamides is 1. The fourth-order valence-electron chi connectivity index (χ4n) is 4.06. The third kappa shape index (κ3) is 4.42. The Morgan fingerprint density at radius 3 is 2.40 bits per heavy atom. The van der Waals surface area contributed by atoms with Crippen molar-refractivity contribution in [2.75, 3.05) is 11.9 Å². The van der Waals surface area contributed by atoms with Gasteiger partial charge >= 0.3 is 0 Å². The van der Waals surface area contributed by atoms with Gasteiger partial charge in [0.2, 0.25) is 10.0 Å². The fraction of sp³-hybridized carbons (Fsp3) is 0.280. The summed E-state index contributed by atoms with van der Waals surface area (Å²) in [5.74, 6) is 0. The first-order valence-corrected chi connectivity index (χ1v) is 11.9. The second-order valence-corrected chi connectivity index (χ2v) is 9.65. The van der Waals surface area contributed by atoms with E-state index in [0.29, 0.717) is 4.90 Å². The first kappa shape index (κ1) is 20.6. The number of anilines is 1. The van der Waals surface area contributed by atoms with Crippen molar-refractivity contribution in [2.24, 2.45) is 0 Å². The highest BCUT2D eigenvalue weighted by Gasteiger charge is 2.28. The molecule has 1 unspecified atom stereocenters. The van der Waals surface area contributed by atoms with Crippen LogP contribution in [-0.2, 0) is 29.4 Å². The molecule has 1 aliphatic carbocycles. The third-order valence-corrected chi connectivity index (χ3v) is 7.34. The summed E-state index contributed by atoms with van der Waals surface area (Å²) in [5.41, 5.74) is 5.78. The van der Waals surface area contributed by atoms with E-state index < -0.39 is 10.0 Å². The number of hydrogen-bond donors (Lipinski definition) is 1. The Labute approximate surface area is 179 Å². The molecule has 1 aliphatic rings. The molecule has 1 atom stereocenters. The largest absolute Gasteiger partial charge is 0.370 e. The van der Waals surface area contributed by atoms with E-state index in [-0.39, 0.29) is 6.04 Å². The molecule has 0 fully saturated rings. The summed E-state index contributed by atoms with van der Waals surface area (Å²) in [6.45, 7) is 2.86. The minimum absolute atomic E-state index is 0.194. The average Bonchev–Trinajstić information content (AvgIpc) is 3.16. The van der Waals surface area contributed by atoms with Crippen LogP contribution in [-0.4, -0.2) is 15.5 Å². The second kappa shape index (κ2) is 8.62. The van der Waals surface area contributed by atoms with Crippen LogP contribution in [0, 0.1) is 0 Å². The monoisotopic (exact) mass is 420 g/mol. The summed E-state index contributed by atoms with van der Waals surface area (Å²) in [7, 11) is -1.49. The summed E-state index contributed by atoms with van der Waals surface area (Å²) in [4.78, 5) is 2.52. The number of nitrogens with zero attached hydrogens (tertiary/aromatic N) is 1. The number of aryl methyl sites for hydroxylation is 2. The van der Waals surface area contributed by atoms with Gasteiger partial charge < -0.3 is 4.90 Å². The highest BCUT2D eigenvalue weighted by atomic mass is 32.2. The summed E-state index contributed by atoms with van der Waals surface area (Å²) in [6, 6.07) is 23.7. The number of hydrogen-bond acceptors (Lipinski definition) is 3. The summed E-state index contributed by atoms with van der Waals surface area (Å²) < 4.78 is 28.8. The molecule has 4 rings (SSSR count). The SMILES string of the molecule is CCc1ccc(S(=O)(=O)NC2CCc3ccc(N(C)Cc4ccccc4)cc32)cc1. The standard InChI is InChI=1S/C25H28N2O2S/c1-3-19-9-14-23(15-10-19)30(28,29)26-25-16-12-21-11-13-22(17-24(21)25)27(2)18-20-7-5-4-6-8-20/h4-11,13-15,17,25-26H,3,12,16,18H2,1-2H3. The first-order valence-electron chi connectivity index (χ1n) is 10.5. The number of rotatable bonds is 7. The molecular weight excluding hydrogens is 392 g/mol. The lowest BCUT2D eigenvalue weighted by Gasteiger charge is -2.22. The van der Waals surface area contributed by atoms with E-state index in [1.807, 2.05) is 30.3 Å². The molecular formula is C25H28N2O2S. The fourth-order valence-corrected chi connectivity index (χ4v) is 5.31. The maximum Gasteiger partial charge on any atom is 0.241 e. The van der Waals surface area contributed by atoms with Crippen molar-refractivity contribution in [1.29, 1.82) is 0 Å². The molecule has 30 heavy (non-hydrogen) atoms. The Hall–Kier alpha value is -2.63. The van der Waals surface area contributed by atoms with Crippen LogP contribution >= 0.6 is 0 Å². The molecule has 5 heteroatoms. The van der Waals surface area contributed by atoms with Gasteiger partial charge in [0.05, 0.1) is 4.90 Å². The highest BCUT2D eigenvalue weighted by Crippen LogP contribution is 2.35. The van der Waals surface area contributed by atoms with Crippen LogP contribution in [0.5, 0.6) is 0 Å². The zero-order valence-electron chi connectivity index (χ0n) is 17.5. The van der Waals surface area contributed by atoms with Crippen molar-refractivity contribution in [3.05, 3.63) is 95.1 Å². The van der Waals surface area contributed by atoms with E-state index in [1.165, 1.54) is 11.1 Å². The van der Waals surface area contributed by atoms with Crippen LogP contribution < -0.4 is 9.62 Å². The summed E-state index contributed by atoms with van der Waals surface area (Å²) >= 11 is 0. The van der Waals surface area contributed by atoms with E-state index in [2.05, 4.69) is 53.9 Å². The zero-order valence-corrected chi connectivity index (χ0v) is 18.3. The van der Waals surface area contributed by atoms with Gasteiger partial charge in [-0.1, -0.05) is 55.5 Å². The van der Waals surface area contributed by atoms with Gasteiger partial charge in [-0.25, -0.2) is 13.1 Å². The quantitative estimate of drug-likeness (QED) is 0.594. The Bertz CT molecular complexity index is 1110. The molecule has 1 N–H and O–H groups in total. The zero-order chi connectivity index (χ0) is 21.1. The van der Waals surface area contributed by atoms with Crippen molar-refractivity contribution >= 4 is 15.7 Å². The van der Waals surface area contributed by atoms with E-state index in [4.69, 9.17) is 0 Å². The van der Waals surface area contributed by atoms with Crippen molar-refractivity contribution in [1.82, 2.24) is 4.72 Å². The van der Waals surface area contributed by atoms with Gasteiger partial charge in [-0.15, -0.1) is 0 Å². The Kier molecular flexibility index (Phi) is 5.93. The molecule has 0 aliphatic heterocycles. The predicted octanol–water partition coefficient (Wildman–Crippen LogP) is 4.85. The average molecular weight is 421 g/mol. The Morgan fingerprint density at radius 1 is 0.967 bits per heavy atom. The van der Waals surface area contributed by atoms with Crippen molar-refractivity contribution in [3.63, 3.8) is 0 Å². The molecule has 0 amide bonds. The van der Waals surface area contributed by atoms with Crippen molar-refractivity contribution < 1.29 is 8.42 Å². The van der Waals surface area contributed by atoms with E-state index >= 15 is 0 Å². The predicted molar refractivity (Wildman–Crippen MR) is 122 cm³/mol. The lowest BCUT2D eigenvalue weighted by atomic mass is 10.1. The Morgan fingerprint density at radius 2 is 1.70 bits per heavy atom. The maximum absolute atomic E-state index is 12.9. The molecule has 0 saturated carbocycles. The van der Waals surface area contributed by atoms with Crippen LogP contribution in [0.2, 0.25) is 0 Å². The first-order chi connectivity index (χ1) is 14.5. The molecule has 3 aromatic carbocycles. The molecule has 3 aromatic rings. The third-order valence-electron chi connectivity index (χ3n) is 5.85. The van der Waals surface area contributed by atoms with Gasteiger partial charge in [0, 0.05) is 25.3 Å². The Balaban J connectivity index is 1.53. The van der Waals surface area contributed by atoms with Gasteiger partial charge in [-0.05, 0) is 65.8 Å². The van der Waals surface area contributed by atoms with Gasteiger partial charge in [0.1, 0.15) is 0 Å². The van der Waals surface area contributed by atoms with E-state index in [1.54, 1.807) is 12.1 Å². The lowest BCUT2D eigenvalue weighted by molar-refractivity contribution is 0.554. The number of nitrogens with one attached hydrogen (secondary N) is 1. The van der Waals surface area contributed by atoms with Crippen LogP contribution in [0.15, 0.2) is 77.7 Å². The molecule has 0 spiro atoms. The normalized spacial score (nSPS) is 15.7. The van der Waals surface area contributed by atoms with Gasteiger partial charge in [0.25, 0.3) is 0 Å². The van der Waals surface area contributed by atoms with Crippen LogP contribution in [0.1, 0.15) is 41.6 Å².